The molecule has 0 aliphatic carbocycles. The van der Waals surface area contributed by atoms with Gasteiger partial charge in [0.1, 0.15) is 6.04 Å². The Morgan fingerprint density at radius 3 is 2.80 bits per heavy atom. The quantitative estimate of drug-likeness (QED) is 0.519. The lowest BCUT2D eigenvalue weighted by Gasteiger charge is -2.35. The van der Waals surface area contributed by atoms with Gasteiger partial charge in [0.25, 0.3) is 0 Å². The number of hydrogen-bond acceptors (Lipinski definition) is 3. The molecule has 1 atom stereocenters. The molecule has 1 rings (SSSR count). The zero-order valence-electron chi connectivity index (χ0n) is 6.46. The Kier molecular flexibility index (Phi) is 2.27. The number of rotatable bonds is 2. The van der Waals surface area contributed by atoms with Crippen molar-refractivity contribution < 1.29 is 9.53 Å². The highest BCUT2D eigenvalue weighted by molar-refractivity contribution is 5.76. The second-order valence-corrected chi connectivity index (χ2v) is 2.54. The van der Waals surface area contributed by atoms with Gasteiger partial charge in [-0.05, 0) is 20.4 Å². The van der Waals surface area contributed by atoms with Gasteiger partial charge in [-0.3, -0.25) is 9.69 Å². The smallest absolute Gasteiger partial charge is 0.323 e. The molecular weight excluding hydrogens is 130 g/mol. The van der Waals surface area contributed by atoms with E-state index in [1.54, 1.807) is 0 Å². The first-order valence-electron chi connectivity index (χ1n) is 3.62. The highest BCUT2D eigenvalue weighted by Crippen LogP contribution is 2.15. The van der Waals surface area contributed by atoms with Gasteiger partial charge in [-0.15, -0.1) is 0 Å². The van der Waals surface area contributed by atoms with Crippen LogP contribution in [0.25, 0.3) is 0 Å². The zero-order valence-corrected chi connectivity index (χ0v) is 6.46. The summed E-state index contributed by atoms with van der Waals surface area (Å²) in [5.74, 6) is -0.0729. The van der Waals surface area contributed by atoms with Gasteiger partial charge in [0.05, 0.1) is 6.61 Å². The monoisotopic (exact) mass is 143 g/mol. The van der Waals surface area contributed by atoms with Gasteiger partial charge in [0, 0.05) is 6.54 Å². The Hall–Kier alpha value is -0.570. The molecule has 3 nitrogen and oxygen atoms in total. The molecule has 1 saturated heterocycles. The van der Waals surface area contributed by atoms with Crippen LogP contribution in [0.15, 0.2) is 0 Å². The summed E-state index contributed by atoms with van der Waals surface area (Å²) in [6, 6.07) is 0.0416. The van der Waals surface area contributed by atoms with Crippen LogP contribution in [0.1, 0.15) is 13.3 Å². The van der Waals surface area contributed by atoms with Crippen molar-refractivity contribution in [3.63, 3.8) is 0 Å². The van der Waals surface area contributed by atoms with Crippen LogP contribution in [-0.4, -0.2) is 37.1 Å². The topological polar surface area (TPSA) is 29.5 Å². The van der Waals surface area contributed by atoms with Gasteiger partial charge < -0.3 is 4.74 Å². The highest BCUT2D eigenvalue weighted by atomic mass is 16.5. The lowest BCUT2D eigenvalue weighted by molar-refractivity contribution is -0.153. The van der Waals surface area contributed by atoms with Crippen molar-refractivity contribution >= 4 is 5.97 Å². The summed E-state index contributed by atoms with van der Waals surface area (Å²) in [5, 5.41) is 0. The third-order valence-corrected chi connectivity index (χ3v) is 1.85. The van der Waals surface area contributed by atoms with Gasteiger partial charge >= 0.3 is 5.97 Å². The molecular formula is C7H13NO2. The first-order valence-corrected chi connectivity index (χ1v) is 3.62. The normalized spacial score (nSPS) is 25.6. The highest BCUT2D eigenvalue weighted by Gasteiger charge is 2.31. The van der Waals surface area contributed by atoms with Crippen LogP contribution in [0, 0.1) is 0 Å². The Balaban J connectivity index is 2.27. The largest absolute Gasteiger partial charge is 0.465 e. The van der Waals surface area contributed by atoms with Crippen molar-refractivity contribution in [3.05, 3.63) is 0 Å². The average Bonchev–Trinajstić information content (AvgIpc) is 1.85. The Labute approximate surface area is 61.0 Å². The van der Waals surface area contributed by atoms with Crippen molar-refractivity contribution in [1.82, 2.24) is 4.90 Å². The predicted octanol–water partition coefficient (Wildman–Crippen LogP) is 0.254. The van der Waals surface area contributed by atoms with Gasteiger partial charge in [-0.25, -0.2) is 0 Å². The average molecular weight is 143 g/mol. The van der Waals surface area contributed by atoms with Gasteiger partial charge in [-0.1, -0.05) is 0 Å². The van der Waals surface area contributed by atoms with Crippen LogP contribution in [0.5, 0.6) is 0 Å². The van der Waals surface area contributed by atoms with Crippen molar-refractivity contribution in [3.8, 4) is 0 Å². The second kappa shape index (κ2) is 3.01. The van der Waals surface area contributed by atoms with Crippen LogP contribution < -0.4 is 0 Å². The fourth-order valence-electron chi connectivity index (χ4n) is 1.05. The summed E-state index contributed by atoms with van der Waals surface area (Å²) < 4.78 is 4.84. The summed E-state index contributed by atoms with van der Waals surface area (Å²) in [5.41, 5.74) is 0. The van der Waals surface area contributed by atoms with Crippen molar-refractivity contribution in [2.45, 2.75) is 19.4 Å². The van der Waals surface area contributed by atoms with Crippen LogP contribution in [-0.2, 0) is 9.53 Å². The minimum absolute atomic E-state index is 0.0416. The molecule has 0 saturated carbocycles. The van der Waals surface area contributed by atoms with Gasteiger partial charge in [0.15, 0.2) is 0 Å². The number of carbonyl (C=O) groups is 1. The zero-order chi connectivity index (χ0) is 7.56. The molecule has 10 heavy (non-hydrogen) atoms. The molecule has 1 aliphatic rings. The predicted molar refractivity (Wildman–Crippen MR) is 37.7 cm³/mol. The molecule has 3 heteroatoms. The fourth-order valence-corrected chi connectivity index (χ4v) is 1.05. The number of esters is 1. The molecule has 1 heterocycles. The van der Waals surface area contributed by atoms with E-state index in [9.17, 15) is 4.79 Å². The maximum atomic E-state index is 11.0. The van der Waals surface area contributed by atoms with E-state index < -0.39 is 0 Å². The first kappa shape index (κ1) is 7.54. The maximum absolute atomic E-state index is 11.0. The van der Waals surface area contributed by atoms with E-state index in [0.717, 1.165) is 13.0 Å². The molecule has 1 fully saturated rings. The third-order valence-electron chi connectivity index (χ3n) is 1.85. The van der Waals surface area contributed by atoms with E-state index in [4.69, 9.17) is 4.74 Å². The second-order valence-electron chi connectivity index (χ2n) is 2.54. The first-order chi connectivity index (χ1) is 4.75. The van der Waals surface area contributed by atoms with Crippen molar-refractivity contribution in [1.29, 1.82) is 0 Å². The standard InChI is InChI=1S/C7H13NO2/c1-3-10-7(9)6-4-5-8(6)2/h6H,3-5H2,1-2H3. The Morgan fingerprint density at radius 2 is 2.50 bits per heavy atom. The lowest BCUT2D eigenvalue weighted by atomic mass is 10.1. The number of nitrogens with zero attached hydrogens (tertiary/aromatic N) is 1. The SMILES string of the molecule is CCOC(=O)C1CCN1C. The minimum Gasteiger partial charge on any atom is -0.465 e. The molecule has 0 radical (unpaired) electrons. The molecule has 0 bridgehead atoms. The number of likely N-dealkylation sites (tertiary alicyclic amines) is 1. The van der Waals surface area contributed by atoms with Crippen LogP contribution in [0.4, 0.5) is 0 Å². The minimum atomic E-state index is -0.0729. The van der Waals surface area contributed by atoms with Crippen LogP contribution >= 0.6 is 0 Å². The summed E-state index contributed by atoms with van der Waals surface area (Å²) >= 11 is 0. The molecule has 0 aromatic heterocycles. The number of likely N-dealkylation sites (N-methyl/N-ethyl adjacent to an activating group) is 1. The number of hydrogen-bond donors (Lipinski definition) is 0. The molecule has 58 valence electrons. The molecule has 0 spiro atoms. The van der Waals surface area contributed by atoms with Crippen molar-refractivity contribution in [2.75, 3.05) is 20.2 Å². The fraction of sp³-hybridized carbons (Fsp3) is 0.857. The van der Waals surface area contributed by atoms with Crippen LogP contribution in [0.3, 0.4) is 0 Å². The molecule has 1 aliphatic heterocycles. The van der Waals surface area contributed by atoms with E-state index in [2.05, 4.69) is 0 Å². The molecule has 0 amide bonds. The molecule has 1 unspecified atom stereocenters. The Morgan fingerprint density at radius 1 is 1.80 bits per heavy atom. The third kappa shape index (κ3) is 1.29. The van der Waals surface area contributed by atoms with Crippen LogP contribution in [0.2, 0.25) is 0 Å². The lowest BCUT2D eigenvalue weighted by Crippen LogP contribution is -2.50. The molecule has 0 aromatic carbocycles. The van der Waals surface area contributed by atoms with E-state index in [-0.39, 0.29) is 12.0 Å². The van der Waals surface area contributed by atoms with Gasteiger partial charge in [-0.2, -0.15) is 0 Å². The Bertz CT molecular complexity index is 136. The molecule has 0 N–H and O–H groups in total. The van der Waals surface area contributed by atoms with E-state index in [1.807, 2.05) is 18.9 Å². The summed E-state index contributed by atoms with van der Waals surface area (Å²) in [6.07, 6.45) is 0.954. The number of ether oxygens (including phenoxy) is 1. The number of carbonyl (C=O) groups excluding carboxylic acids is 1. The van der Waals surface area contributed by atoms with E-state index in [0.29, 0.717) is 6.61 Å². The van der Waals surface area contributed by atoms with Gasteiger partial charge in [0.2, 0.25) is 0 Å². The van der Waals surface area contributed by atoms with Crippen molar-refractivity contribution in [2.24, 2.45) is 0 Å². The molecule has 0 aromatic rings. The maximum Gasteiger partial charge on any atom is 0.323 e. The summed E-state index contributed by atoms with van der Waals surface area (Å²) in [4.78, 5) is 13.0. The van der Waals surface area contributed by atoms with E-state index in [1.165, 1.54) is 0 Å². The summed E-state index contributed by atoms with van der Waals surface area (Å²) in [6.45, 7) is 3.34. The summed E-state index contributed by atoms with van der Waals surface area (Å²) in [7, 11) is 1.94. The van der Waals surface area contributed by atoms with E-state index >= 15 is 0 Å².